The van der Waals surface area contributed by atoms with Gasteiger partial charge in [0.15, 0.2) is 6.61 Å². The van der Waals surface area contributed by atoms with Gasteiger partial charge in [-0.1, -0.05) is 0 Å². The summed E-state index contributed by atoms with van der Waals surface area (Å²) in [7, 11) is 0. The van der Waals surface area contributed by atoms with E-state index in [4.69, 9.17) is 5.11 Å². The number of carbonyl (C=O) groups excluding carboxylic acids is 1. The Morgan fingerprint density at radius 1 is 1.67 bits per heavy atom. The van der Waals surface area contributed by atoms with Crippen LogP contribution in [0.4, 0.5) is 0 Å². The van der Waals surface area contributed by atoms with Crippen molar-refractivity contribution < 1.29 is 50.4 Å². The van der Waals surface area contributed by atoms with Crippen molar-refractivity contribution >= 4 is 11.9 Å². The van der Waals surface area contributed by atoms with Crippen LogP contribution in [0, 0.1) is 0 Å². The molecule has 0 bridgehead atoms. The van der Waals surface area contributed by atoms with Crippen LogP contribution in [-0.4, -0.2) is 23.7 Å². The molecule has 1 N–H and O–H groups in total. The summed E-state index contributed by atoms with van der Waals surface area (Å²) in [6, 6.07) is 0. The molecule has 0 radical (unpaired) electrons. The van der Waals surface area contributed by atoms with E-state index in [2.05, 4.69) is 4.74 Å². The molecule has 0 unspecified atom stereocenters. The molecule has 0 amide bonds. The van der Waals surface area contributed by atoms with Crippen molar-refractivity contribution in [1.29, 1.82) is 0 Å². The third kappa shape index (κ3) is 11.5. The fourth-order valence-corrected chi connectivity index (χ4v) is 0.163. The number of hydrogen-bond donors (Lipinski definition) is 1. The molecular weight excluding hydrogens is 135 g/mol. The molecule has 0 saturated carbocycles. The van der Waals surface area contributed by atoms with Crippen LogP contribution >= 0.6 is 0 Å². The van der Waals surface area contributed by atoms with E-state index < -0.39 is 18.5 Å². The zero-order chi connectivity index (χ0) is 6.57. The minimum Gasteiger partial charge on any atom is -1.00 e. The van der Waals surface area contributed by atoms with E-state index in [1.807, 2.05) is 0 Å². The molecule has 0 aromatic rings. The summed E-state index contributed by atoms with van der Waals surface area (Å²) in [5.74, 6) is -1.72. The van der Waals surface area contributed by atoms with Crippen molar-refractivity contribution in [1.82, 2.24) is 0 Å². The minimum atomic E-state index is -1.14. The number of esters is 1. The predicted molar refractivity (Wildman–Crippen MR) is 25.4 cm³/mol. The molecule has 0 fully saturated rings. The second-order valence-corrected chi connectivity index (χ2v) is 1.17. The molecule has 0 aliphatic heterocycles. The summed E-state index contributed by atoms with van der Waals surface area (Å²) in [6.45, 7) is 0.609. The van der Waals surface area contributed by atoms with Crippen LogP contribution in [0.3, 0.4) is 0 Å². The van der Waals surface area contributed by atoms with Gasteiger partial charge in [-0.2, -0.15) is 0 Å². The number of carboxylic acids is 1. The Hall–Kier alpha value is -0.0600. The monoisotopic (exact) mass is 142 g/mol. The average molecular weight is 142 g/mol. The zero-order valence-electron chi connectivity index (χ0n) is 6.38. The van der Waals surface area contributed by atoms with Crippen LogP contribution in [0.25, 0.3) is 0 Å². The van der Waals surface area contributed by atoms with Gasteiger partial charge in [0.05, 0.1) is 0 Å². The average Bonchev–Trinajstić information content (AvgIpc) is 1.61. The first kappa shape index (κ1) is 11.7. The fraction of sp³-hybridized carbons (Fsp3) is 0.500. The molecule has 0 aliphatic rings. The van der Waals surface area contributed by atoms with Crippen molar-refractivity contribution in [2.24, 2.45) is 0 Å². The van der Waals surface area contributed by atoms with Gasteiger partial charge < -0.3 is 11.3 Å². The first-order valence-electron chi connectivity index (χ1n) is 1.98. The molecule has 0 spiro atoms. The Morgan fingerprint density at radius 3 is 2.22 bits per heavy atom. The van der Waals surface area contributed by atoms with E-state index in [1.165, 1.54) is 0 Å². The second-order valence-electron chi connectivity index (χ2n) is 1.17. The van der Waals surface area contributed by atoms with Gasteiger partial charge in [-0.05, 0) is 0 Å². The second kappa shape index (κ2) is 6.07. The van der Waals surface area contributed by atoms with Gasteiger partial charge in [0.2, 0.25) is 0 Å². The number of ether oxygens (including phenoxy) is 1. The summed E-state index contributed by atoms with van der Waals surface area (Å²) in [4.78, 5) is 19.5. The Labute approximate surface area is 76.0 Å². The molecule has 0 aromatic carbocycles. The van der Waals surface area contributed by atoms with Crippen molar-refractivity contribution in [2.45, 2.75) is 6.92 Å². The van der Waals surface area contributed by atoms with Crippen molar-refractivity contribution in [3.8, 4) is 0 Å². The van der Waals surface area contributed by atoms with E-state index >= 15 is 0 Å². The maximum atomic E-state index is 9.86. The number of carbonyl (C=O) groups is 2. The van der Waals surface area contributed by atoms with E-state index in [0.29, 0.717) is 0 Å². The molecule has 0 rings (SSSR count). The first-order chi connectivity index (χ1) is 3.63. The van der Waals surface area contributed by atoms with Gasteiger partial charge in [0.1, 0.15) is 0 Å². The topological polar surface area (TPSA) is 63.6 Å². The summed E-state index contributed by atoms with van der Waals surface area (Å²) < 4.78 is 4.06. The Bertz CT molecular complexity index is 102. The quantitative estimate of drug-likeness (QED) is 0.325. The third-order valence-corrected chi connectivity index (χ3v) is 0.399. The maximum absolute atomic E-state index is 9.86. The standard InChI is InChI=1S/C4H6O4.Na.H/c1-3(5)8-2-4(6)7;;/h2H2,1H3,(H,6,7);;/q;+1;-1. The Kier molecular flexibility index (Phi) is 7.89. The largest absolute Gasteiger partial charge is 1.00 e. The number of hydrogen-bond acceptors (Lipinski definition) is 3. The van der Waals surface area contributed by atoms with Crippen molar-refractivity contribution in [2.75, 3.05) is 6.61 Å². The van der Waals surface area contributed by atoms with Crippen LogP contribution in [0.1, 0.15) is 8.35 Å². The maximum Gasteiger partial charge on any atom is 1.00 e. The van der Waals surface area contributed by atoms with Gasteiger partial charge in [-0.3, -0.25) is 4.79 Å². The van der Waals surface area contributed by atoms with Gasteiger partial charge in [-0.25, -0.2) is 4.79 Å². The summed E-state index contributed by atoms with van der Waals surface area (Å²) >= 11 is 0. The molecule has 0 aromatic heterocycles. The fourth-order valence-electron chi connectivity index (χ4n) is 0.163. The summed E-state index contributed by atoms with van der Waals surface area (Å²) in [5.41, 5.74) is 0. The van der Waals surface area contributed by atoms with Gasteiger partial charge in [0.25, 0.3) is 0 Å². The van der Waals surface area contributed by atoms with Gasteiger partial charge >= 0.3 is 41.5 Å². The van der Waals surface area contributed by atoms with Crippen LogP contribution in [-0.2, 0) is 14.3 Å². The normalized spacial score (nSPS) is 7.22. The third-order valence-electron chi connectivity index (χ3n) is 0.399. The van der Waals surface area contributed by atoms with Crippen LogP contribution in [0.5, 0.6) is 0 Å². The molecule has 0 saturated heterocycles. The summed E-state index contributed by atoms with van der Waals surface area (Å²) in [6.07, 6.45) is 0. The van der Waals surface area contributed by atoms with Crippen LogP contribution in [0.2, 0.25) is 0 Å². The van der Waals surface area contributed by atoms with Crippen molar-refractivity contribution in [3.05, 3.63) is 0 Å². The number of carboxylic acid groups (broad SMARTS) is 1. The van der Waals surface area contributed by atoms with E-state index in [9.17, 15) is 9.59 Å². The number of rotatable bonds is 2. The molecule has 0 heterocycles. The van der Waals surface area contributed by atoms with Gasteiger partial charge in [0, 0.05) is 6.92 Å². The Balaban J connectivity index is -0.000000245. The predicted octanol–water partition coefficient (Wildman–Crippen LogP) is -3.25. The Morgan fingerprint density at radius 2 is 2.11 bits per heavy atom. The van der Waals surface area contributed by atoms with Gasteiger partial charge in [-0.15, -0.1) is 0 Å². The zero-order valence-corrected chi connectivity index (χ0v) is 7.38. The molecule has 0 atom stereocenters. The first-order valence-corrected chi connectivity index (χ1v) is 1.98. The minimum absolute atomic E-state index is 0. The smallest absolute Gasteiger partial charge is 1.00 e. The molecule has 5 heteroatoms. The molecule has 48 valence electrons. The summed E-state index contributed by atoms with van der Waals surface area (Å²) in [5, 5.41) is 7.89. The van der Waals surface area contributed by atoms with E-state index in [0.717, 1.165) is 6.92 Å². The van der Waals surface area contributed by atoms with Crippen molar-refractivity contribution in [3.63, 3.8) is 0 Å². The SMILES string of the molecule is CC(=O)OCC(=O)O.[H-].[Na+]. The van der Waals surface area contributed by atoms with E-state index in [1.54, 1.807) is 0 Å². The number of aliphatic carboxylic acids is 1. The molecule has 9 heavy (non-hydrogen) atoms. The van der Waals surface area contributed by atoms with Crippen LogP contribution < -0.4 is 29.6 Å². The molecule has 4 nitrogen and oxygen atoms in total. The molecule has 0 aliphatic carbocycles. The van der Waals surface area contributed by atoms with E-state index in [-0.39, 0.29) is 31.0 Å². The van der Waals surface area contributed by atoms with Crippen LogP contribution in [0.15, 0.2) is 0 Å². The molecular formula is C4H7NaO4.